The number of anilines is 1. The van der Waals surface area contributed by atoms with E-state index in [0.29, 0.717) is 18.3 Å². The highest BCUT2D eigenvalue weighted by Gasteiger charge is 2.41. The summed E-state index contributed by atoms with van der Waals surface area (Å²) >= 11 is 1.53. The fourth-order valence-electron chi connectivity index (χ4n) is 2.87. The molecular formula is C14H19N3O2S. The van der Waals surface area contributed by atoms with Gasteiger partial charge < -0.3 is 15.0 Å². The third-order valence-corrected chi connectivity index (χ3v) is 4.66. The molecule has 0 unspecified atom stereocenters. The summed E-state index contributed by atoms with van der Waals surface area (Å²) in [7, 11) is 0. The first-order valence-electron chi connectivity index (χ1n) is 6.99. The maximum absolute atomic E-state index is 5.99. The number of aryl methyl sites for hydroxylation is 1. The van der Waals surface area contributed by atoms with Gasteiger partial charge in [0.15, 0.2) is 0 Å². The molecule has 0 spiro atoms. The van der Waals surface area contributed by atoms with Crippen molar-refractivity contribution in [1.29, 1.82) is 0 Å². The number of nitrogens with zero attached hydrogens (tertiary/aromatic N) is 2. The van der Waals surface area contributed by atoms with Gasteiger partial charge in [0.05, 0.1) is 10.6 Å². The van der Waals surface area contributed by atoms with Crippen LogP contribution in [0.1, 0.15) is 43.3 Å². The molecular weight excluding hydrogens is 274 g/mol. The van der Waals surface area contributed by atoms with E-state index in [-0.39, 0.29) is 5.60 Å². The van der Waals surface area contributed by atoms with Crippen molar-refractivity contribution in [3.63, 3.8) is 0 Å². The highest BCUT2D eigenvalue weighted by Crippen LogP contribution is 2.42. The maximum Gasteiger partial charge on any atom is 0.261 e. The van der Waals surface area contributed by atoms with E-state index in [2.05, 4.69) is 10.1 Å². The van der Waals surface area contributed by atoms with Gasteiger partial charge in [0.25, 0.3) is 5.89 Å². The van der Waals surface area contributed by atoms with E-state index in [1.165, 1.54) is 11.3 Å². The molecule has 0 aromatic carbocycles. The lowest BCUT2D eigenvalue weighted by molar-refractivity contribution is -0.0469. The van der Waals surface area contributed by atoms with Crippen LogP contribution >= 0.6 is 11.3 Å². The fourth-order valence-corrected chi connectivity index (χ4v) is 3.65. The van der Waals surface area contributed by atoms with Crippen LogP contribution < -0.4 is 5.73 Å². The number of hydrogen-bond donors (Lipinski definition) is 1. The molecule has 0 bridgehead atoms. The average Bonchev–Trinajstić information content (AvgIpc) is 3.09. The molecule has 2 heterocycles. The number of ether oxygens (including phenoxy) is 1. The summed E-state index contributed by atoms with van der Waals surface area (Å²) in [5.74, 6) is 1.16. The lowest BCUT2D eigenvalue weighted by Crippen LogP contribution is -2.27. The van der Waals surface area contributed by atoms with Gasteiger partial charge >= 0.3 is 0 Å². The lowest BCUT2D eigenvalue weighted by atomic mass is 10.0. The molecule has 0 amide bonds. The van der Waals surface area contributed by atoms with E-state index in [9.17, 15) is 0 Å². The zero-order valence-electron chi connectivity index (χ0n) is 11.8. The Hall–Kier alpha value is -1.40. The molecule has 2 aromatic heterocycles. The maximum atomic E-state index is 5.99. The van der Waals surface area contributed by atoms with Crippen molar-refractivity contribution in [2.45, 2.75) is 45.1 Å². The van der Waals surface area contributed by atoms with Crippen molar-refractivity contribution in [3.8, 4) is 11.5 Å². The van der Waals surface area contributed by atoms with Crippen LogP contribution in [0.25, 0.3) is 11.5 Å². The van der Waals surface area contributed by atoms with Gasteiger partial charge in [-0.05, 0) is 45.6 Å². The van der Waals surface area contributed by atoms with Crippen molar-refractivity contribution in [1.82, 2.24) is 10.1 Å². The minimum absolute atomic E-state index is 0.365. The molecule has 5 nitrogen and oxygen atoms in total. The van der Waals surface area contributed by atoms with E-state index >= 15 is 0 Å². The van der Waals surface area contributed by atoms with E-state index < -0.39 is 0 Å². The Balaban J connectivity index is 1.95. The van der Waals surface area contributed by atoms with E-state index in [0.717, 1.165) is 41.1 Å². The van der Waals surface area contributed by atoms with Gasteiger partial charge in [-0.3, -0.25) is 0 Å². The smallest absolute Gasteiger partial charge is 0.261 e. The van der Waals surface area contributed by atoms with Crippen molar-refractivity contribution >= 4 is 16.3 Å². The Bertz CT molecular complexity index is 599. The number of rotatable bonds is 4. The Morgan fingerprint density at radius 1 is 1.45 bits per heavy atom. The van der Waals surface area contributed by atoms with Crippen LogP contribution in [-0.4, -0.2) is 16.7 Å². The summed E-state index contributed by atoms with van der Waals surface area (Å²) in [5, 5.41) is 4.87. The fraction of sp³-hybridized carbons (Fsp3) is 0.571. The van der Waals surface area contributed by atoms with Crippen LogP contribution in [0.15, 0.2) is 10.6 Å². The number of nitrogen functional groups attached to an aromatic ring is 1. The molecule has 2 N–H and O–H groups in total. The molecule has 2 aromatic rings. The molecule has 1 fully saturated rings. The number of hydrogen-bond acceptors (Lipinski definition) is 6. The van der Waals surface area contributed by atoms with Crippen LogP contribution in [0.4, 0.5) is 5.00 Å². The highest BCUT2D eigenvalue weighted by molar-refractivity contribution is 7.16. The first-order chi connectivity index (χ1) is 9.64. The topological polar surface area (TPSA) is 74.2 Å². The van der Waals surface area contributed by atoms with Crippen molar-refractivity contribution in [2.24, 2.45) is 0 Å². The second-order valence-corrected chi connectivity index (χ2v) is 6.48. The Morgan fingerprint density at radius 3 is 2.80 bits per heavy atom. The van der Waals surface area contributed by atoms with Gasteiger partial charge in [0.2, 0.25) is 5.82 Å². The Kier molecular flexibility index (Phi) is 3.52. The molecule has 0 aliphatic heterocycles. The third-order valence-electron chi connectivity index (χ3n) is 3.78. The quantitative estimate of drug-likeness (QED) is 0.934. The molecule has 0 atom stereocenters. The molecule has 0 saturated heterocycles. The average molecular weight is 293 g/mol. The van der Waals surface area contributed by atoms with Gasteiger partial charge in [-0.1, -0.05) is 5.16 Å². The van der Waals surface area contributed by atoms with E-state index in [1.807, 2.05) is 19.9 Å². The predicted octanol–water partition coefficient (Wildman–Crippen LogP) is 3.49. The zero-order valence-corrected chi connectivity index (χ0v) is 12.6. The molecule has 1 aliphatic carbocycles. The van der Waals surface area contributed by atoms with Crippen LogP contribution in [0, 0.1) is 6.92 Å². The molecule has 0 radical (unpaired) electrons. The predicted molar refractivity (Wildman–Crippen MR) is 78.5 cm³/mol. The summed E-state index contributed by atoms with van der Waals surface area (Å²) in [6.45, 7) is 4.67. The highest BCUT2D eigenvalue weighted by atomic mass is 32.1. The Labute approximate surface area is 122 Å². The monoisotopic (exact) mass is 293 g/mol. The standard InChI is InChI=1S/C14H19N3O2S/c1-3-18-14(6-4-5-7-14)13-16-12(19-17-13)10-8-9(2)20-11(10)15/h8H,3-7,15H2,1-2H3. The first kappa shape index (κ1) is 13.6. The summed E-state index contributed by atoms with van der Waals surface area (Å²) in [5.41, 5.74) is 6.45. The molecule has 108 valence electrons. The minimum Gasteiger partial charge on any atom is -0.390 e. The van der Waals surface area contributed by atoms with Crippen LogP contribution in [0.5, 0.6) is 0 Å². The number of nitrogens with two attached hydrogens (primary N) is 1. The largest absolute Gasteiger partial charge is 0.390 e. The minimum atomic E-state index is -0.365. The summed E-state index contributed by atoms with van der Waals surface area (Å²) in [6.07, 6.45) is 4.20. The van der Waals surface area contributed by atoms with Gasteiger partial charge in [-0.25, -0.2) is 0 Å². The summed E-state index contributed by atoms with van der Waals surface area (Å²) in [6, 6.07) is 1.99. The lowest BCUT2D eigenvalue weighted by Gasteiger charge is -2.24. The van der Waals surface area contributed by atoms with Crippen molar-refractivity contribution < 1.29 is 9.26 Å². The SMILES string of the molecule is CCOC1(c2noc(-c3cc(C)sc3N)n2)CCCC1. The first-order valence-corrected chi connectivity index (χ1v) is 7.81. The van der Waals surface area contributed by atoms with Crippen molar-refractivity contribution in [2.75, 3.05) is 12.3 Å². The van der Waals surface area contributed by atoms with Gasteiger partial charge in [0.1, 0.15) is 5.60 Å². The second-order valence-electron chi connectivity index (χ2n) is 5.19. The number of aromatic nitrogens is 2. The third kappa shape index (κ3) is 2.23. The summed E-state index contributed by atoms with van der Waals surface area (Å²) < 4.78 is 11.4. The van der Waals surface area contributed by atoms with Crippen LogP contribution in [0.2, 0.25) is 0 Å². The van der Waals surface area contributed by atoms with Gasteiger partial charge in [-0.2, -0.15) is 4.98 Å². The Morgan fingerprint density at radius 2 is 2.20 bits per heavy atom. The summed E-state index contributed by atoms with van der Waals surface area (Å²) in [4.78, 5) is 5.69. The van der Waals surface area contributed by atoms with Gasteiger partial charge in [-0.15, -0.1) is 11.3 Å². The van der Waals surface area contributed by atoms with Crippen LogP contribution in [0.3, 0.4) is 0 Å². The second kappa shape index (κ2) is 5.18. The molecule has 1 saturated carbocycles. The van der Waals surface area contributed by atoms with E-state index in [1.54, 1.807) is 0 Å². The molecule has 20 heavy (non-hydrogen) atoms. The molecule has 6 heteroatoms. The van der Waals surface area contributed by atoms with E-state index in [4.69, 9.17) is 15.0 Å². The molecule has 3 rings (SSSR count). The van der Waals surface area contributed by atoms with Gasteiger partial charge in [0, 0.05) is 11.5 Å². The van der Waals surface area contributed by atoms with Crippen LogP contribution in [-0.2, 0) is 10.3 Å². The number of thiophene rings is 1. The molecule has 1 aliphatic rings. The normalized spacial score (nSPS) is 17.7. The zero-order chi connectivity index (χ0) is 14.2. The van der Waals surface area contributed by atoms with Crippen molar-refractivity contribution in [3.05, 3.63) is 16.8 Å².